The lowest BCUT2D eigenvalue weighted by atomic mass is 10.0. The van der Waals surface area contributed by atoms with Gasteiger partial charge in [-0.05, 0) is 39.8 Å². The Morgan fingerprint density at radius 1 is 1.11 bits per heavy atom. The van der Waals surface area contributed by atoms with Crippen LogP contribution in [0.5, 0.6) is 0 Å². The van der Waals surface area contributed by atoms with Crippen molar-refractivity contribution in [2.24, 2.45) is 14.1 Å². The molecule has 0 unspecified atom stereocenters. The number of nitrogens with zero attached hydrogens (tertiary/aromatic N) is 7. The summed E-state index contributed by atoms with van der Waals surface area (Å²) in [5.74, 6) is 0.542. The van der Waals surface area contributed by atoms with Crippen LogP contribution in [0.2, 0.25) is 30.7 Å². The Hall–Kier alpha value is -3.35. The monoisotopic (exact) mass is 641 g/mol. The second-order valence-corrected chi connectivity index (χ2v) is 20.0. The van der Waals surface area contributed by atoms with Crippen LogP contribution in [0.1, 0.15) is 27.7 Å². The maximum atomic E-state index is 14.2. The van der Waals surface area contributed by atoms with E-state index in [9.17, 15) is 9.59 Å². The Bertz CT molecular complexity index is 1770. The Balaban J connectivity index is 1.55. The third kappa shape index (κ3) is 6.52. The maximum absolute atomic E-state index is 14.2. The number of aryl methyl sites for hydroxylation is 1. The summed E-state index contributed by atoms with van der Waals surface area (Å²) in [5, 5.41) is 6.31. The van der Waals surface area contributed by atoms with Crippen molar-refractivity contribution in [3.63, 3.8) is 0 Å². The molecule has 4 heterocycles. The molecule has 44 heavy (non-hydrogen) atoms. The zero-order valence-corrected chi connectivity index (χ0v) is 29.0. The van der Waals surface area contributed by atoms with Crippen LogP contribution in [0.3, 0.4) is 0 Å². The van der Waals surface area contributed by atoms with E-state index in [-0.39, 0.29) is 24.4 Å². The Morgan fingerprint density at radius 2 is 1.84 bits per heavy atom. The quantitative estimate of drug-likeness (QED) is 0.189. The number of rotatable bonds is 7. The van der Waals surface area contributed by atoms with E-state index in [1.165, 1.54) is 0 Å². The molecule has 3 aromatic heterocycles. The molecule has 1 aromatic carbocycles. The van der Waals surface area contributed by atoms with Gasteiger partial charge in [-0.15, -0.1) is 0 Å². The van der Waals surface area contributed by atoms with Crippen LogP contribution in [-0.2, 0) is 30.3 Å². The van der Waals surface area contributed by atoms with Gasteiger partial charge in [-0.25, -0.2) is 4.79 Å². The van der Waals surface area contributed by atoms with E-state index >= 15 is 0 Å². The molecule has 1 atom stereocenters. The van der Waals surface area contributed by atoms with Gasteiger partial charge in [0.2, 0.25) is 5.95 Å². The molecule has 1 aliphatic heterocycles. The number of carbonyl (C=O) groups is 1. The number of piperazine rings is 1. The summed E-state index contributed by atoms with van der Waals surface area (Å²) in [6.07, 6.45) is 3.47. The van der Waals surface area contributed by atoms with Crippen LogP contribution in [0.15, 0.2) is 29.3 Å². The average molecular weight is 642 g/mol. The fourth-order valence-electron chi connectivity index (χ4n) is 5.55. The standard InChI is InChI=1S/C31H44ClN7O4Si/c1-20-16-37(12-13-39(20)30(41)43-31(2,3)4)29-33-27-25(28(40)36(29)6)22(18-38(27)19-42-14-15-44(7,8)9)21-10-11-24-23(26(21)32)17-35(5)34-24/h10-11,17-18,20H,12-16,19H2,1-9H3/t20-/m0/s1. The van der Waals surface area contributed by atoms with Gasteiger partial charge >= 0.3 is 6.09 Å². The fraction of sp³-hybridized carbons (Fsp3) is 0.548. The molecule has 0 spiro atoms. The predicted octanol–water partition coefficient (Wildman–Crippen LogP) is 5.70. The summed E-state index contributed by atoms with van der Waals surface area (Å²) in [5.41, 5.74) is 2.01. The first kappa shape index (κ1) is 32.1. The van der Waals surface area contributed by atoms with Crippen molar-refractivity contribution in [2.75, 3.05) is 31.1 Å². The molecule has 0 aliphatic carbocycles. The van der Waals surface area contributed by atoms with Gasteiger partial charge in [0.25, 0.3) is 5.56 Å². The fourth-order valence-corrected chi connectivity index (χ4v) is 6.62. The average Bonchev–Trinajstić information content (AvgIpc) is 3.47. The molecule has 0 radical (unpaired) electrons. The summed E-state index contributed by atoms with van der Waals surface area (Å²) in [4.78, 5) is 35.9. The predicted molar refractivity (Wildman–Crippen MR) is 178 cm³/mol. The van der Waals surface area contributed by atoms with Crippen LogP contribution < -0.4 is 10.5 Å². The van der Waals surface area contributed by atoms with Crippen molar-refractivity contribution >= 4 is 53.7 Å². The highest BCUT2D eigenvalue weighted by molar-refractivity contribution is 6.76. The Labute approximate surface area is 264 Å². The number of fused-ring (bicyclic) bond motifs is 2. The van der Waals surface area contributed by atoms with Crippen molar-refractivity contribution in [1.82, 2.24) is 28.8 Å². The van der Waals surface area contributed by atoms with E-state index < -0.39 is 13.7 Å². The lowest BCUT2D eigenvalue weighted by molar-refractivity contribution is 0.0158. The third-order valence-electron chi connectivity index (χ3n) is 7.87. The first-order valence-electron chi connectivity index (χ1n) is 15.1. The molecule has 13 heteroatoms. The molecule has 4 aromatic rings. The summed E-state index contributed by atoms with van der Waals surface area (Å²) in [7, 11) is 2.32. The van der Waals surface area contributed by atoms with Gasteiger partial charge < -0.3 is 23.8 Å². The minimum Gasteiger partial charge on any atom is -0.444 e. The number of benzene rings is 1. The van der Waals surface area contributed by atoms with Gasteiger partial charge in [0.1, 0.15) is 12.3 Å². The lowest BCUT2D eigenvalue weighted by Crippen LogP contribution is -2.56. The number of carbonyl (C=O) groups excluding carboxylic acids is 1. The lowest BCUT2D eigenvalue weighted by Gasteiger charge is -2.40. The Morgan fingerprint density at radius 3 is 2.50 bits per heavy atom. The molecule has 11 nitrogen and oxygen atoms in total. The molecule has 1 saturated heterocycles. The summed E-state index contributed by atoms with van der Waals surface area (Å²) in [6, 6.07) is 4.72. The van der Waals surface area contributed by atoms with Crippen LogP contribution in [0.4, 0.5) is 10.7 Å². The van der Waals surface area contributed by atoms with Gasteiger partial charge in [-0.3, -0.25) is 14.0 Å². The smallest absolute Gasteiger partial charge is 0.410 e. The van der Waals surface area contributed by atoms with Crippen LogP contribution in [0.25, 0.3) is 33.1 Å². The first-order chi connectivity index (χ1) is 20.5. The molecule has 1 fully saturated rings. The highest BCUT2D eigenvalue weighted by Crippen LogP contribution is 2.37. The van der Waals surface area contributed by atoms with Gasteiger partial charge in [-0.1, -0.05) is 37.3 Å². The molecular weight excluding hydrogens is 598 g/mol. The number of aromatic nitrogens is 5. The highest BCUT2D eigenvalue weighted by Gasteiger charge is 2.33. The molecule has 0 N–H and O–H groups in total. The summed E-state index contributed by atoms with van der Waals surface area (Å²) in [6.45, 7) is 16.9. The van der Waals surface area contributed by atoms with Gasteiger partial charge in [-0.2, -0.15) is 10.1 Å². The zero-order chi connectivity index (χ0) is 32.1. The minimum absolute atomic E-state index is 0.136. The summed E-state index contributed by atoms with van der Waals surface area (Å²) >= 11 is 6.95. The van der Waals surface area contributed by atoms with Crippen molar-refractivity contribution < 1.29 is 14.3 Å². The molecule has 238 valence electrons. The second kappa shape index (κ2) is 11.9. The maximum Gasteiger partial charge on any atom is 0.410 e. The van der Waals surface area contributed by atoms with Gasteiger partial charge in [0, 0.05) is 83.4 Å². The first-order valence-corrected chi connectivity index (χ1v) is 19.2. The van der Waals surface area contributed by atoms with E-state index in [4.69, 9.17) is 26.1 Å². The molecule has 1 amide bonds. The van der Waals surface area contributed by atoms with Gasteiger partial charge in [0.15, 0.2) is 5.65 Å². The van der Waals surface area contributed by atoms with Gasteiger partial charge in [0.05, 0.1) is 15.9 Å². The molecule has 5 rings (SSSR count). The topological polar surface area (TPSA) is 99.7 Å². The molecule has 1 aliphatic rings. The number of amides is 1. The number of anilines is 1. The van der Waals surface area contributed by atoms with Crippen molar-refractivity contribution in [3.05, 3.63) is 39.9 Å². The number of halogens is 1. The minimum atomic E-state index is -1.28. The van der Waals surface area contributed by atoms with Crippen LogP contribution in [0, 0.1) is 0 Å². The van der Waals surface area contributed by atoms with E-state index in [2.05, 4.69) is 29.6 Å². The molecule has 0 bridgehead atoms. The van der Waals surface area contributed by atoms with E-state index in [0.717, 1.165) is 22.5 Å². The van der Waals surface area contributed by atoms with Crippen LogP contribution in [-0.4, -0.2) is 80.8 Å². The van der Waals surface area contributed by atoms with Crippen LogP contribution >= 0.6 is 11.6 Å². The summed E-state index contributed by atoms with van der Waals surface area (Å²) < 4.78 is 17.0. The normalized spacial score (nSPS) is 16.4. The number of hydrogen-bond donors (Lipinski definition) is 0. The van der Waals surface area contributed by atoms with E-state index in [0.29, 0.717) is 53.8 Å². The molecular formula is C31H44ClN7O4Si. The van der Waals surface area contributed by atoms with Crippen molar-refractivity contribution in [3.8, 4) is 11.1 Å². The second-order valence-electron chi connectivity index (χ2n) is 14.0. The third-order valence-corrected chi connectivity index (χ3v) is 9.98. The number of hydrogen-bond acceptors (Lipinski definition) is 7. The van der Waals surface area contributed by atoms with E-state index in [1.54, 1.807) is 21.2 Å². The molecule has 0 saturated carbocycles. The highest BCUT2D eigenvalue weighted by atomic mass is 35.5. The van der Waals surface area contributed by atoms with E-state index in [1.807, 2.05) is 63.8 Å². The number of ether oxygens (including phenoxy) is 2. The Kier molecular flexibility index (Phi) is 8.64. The largest absolute Gasteiger partial charge is 0.444 e. The van der Waals surface area contributed by atoms with Crippen molar-refractivity contribution in [2.45, 2.75) is 71.8 Å². The SMILES string of the molecule is C[C@H]1CN(c2nc3c(c(-c4ccc5nn(C)cc5c4Cl)cn3COCC[Si](C)(C)C)c(=O)n2C)CCN1C(=O)OC(C)(C)C. The van der Waals surface area contributed by atoms with Crippen molar-refractivity contribution in [1.29, 1.82) is 0 Å². The zero-order valence-electron chi connectivity index (χ0n) is 27.3.